The number of nitro groups is 1. The van der Waals surface area contributed by atoms with Gasteiger partial charge in [-0.25, -0.2) is 4.68 Å². The zero-order valence-electron chi connectivity index (χ0n) is 10.2. The van der Waals surface area contributed by atoms with Gasteiger partial charge in [-0.15, -0.1) is 0 Å². The highest BCUT2D eigenvalue weighted by molar-refractivity contribution is 6.31. The first-order valence-electron chi connectivity index (χ1n) is 5.56. The van der Waals surface area contributed by atoms with Crippen molar-refractivity contribution in [1.29, 1.82) is 0 Å². The number of hydrogen-bond acceptors (Lipinski definition) is 4. The van der Waals surface area contributed by atoms with Gasteiger partial charge in [0.05, 0.1) is 18.1 Å². The quantitative estimate of drug-likeness (QED) is 0.624. The van der Waals surface area contributed by atoms with Gasteiger partial charge in [0, 0.05) is 7.11 Å². The van der Waals surface area contributed by atoms with Crippen LogP contribution in [0.25, 0.3) is 0 Å². The Morgan fingerprint density at radius 3 is 2.68 bits per heavy atom. The van der Waals surface area contributed by atoms with Crippen molar-refractivity contribution in [3.63, 3.8) is 0 Å². The summed E-state index contributed by atoms with van der Waals surface area (Å²) in [6.45, 7) is 0.433. The van der Waals surface area contributed by atoms with Crippen LogP contribution in [0.4, 0.5) is 5.69 Å². The highest BCUT2D eigenvalue weighted by Gasteiger charge is 2.26. The van der Waals surface area contributed by atoms with Crippen LogP contribution in [0, 0.1) is 10.1 Å². The fourth-order valence-electron chi connectivity index (χ4n) is 1.75. The van der Waals surface area contributed by atoms with Crippen molar-refractivity contribution in [3.05, 3.63) is 56.9 Å². The van der Waals surface area contributed by atoms with Crippen LogP contribution in [0.3, 0.4) is 0 Å². The van der Waals surface area contributed by atoms with E-state index in [2.05, 4.69) is 5.10 Å². The van der Waals surface area contributed by atoms with Crippen molar-refractivity contribution < 1.29 is 9.66 Å². The van der Waals surface area contributed by atoms with Gasteiger partial charge in [-0.3, -0.25) is 10.1 Å². The van der Waals surface area contributed by atoms with E-state index in [-0.39, 0.29) is 23.1 Å². The van der Waals surface area contributed by atoms with Gasteiger partial charge in [0.15, 0.2) is 5.69 Å². The number of halogens is 1. The zero-order valence-corrected chi connectivity index (χ0v) is 11.0. The van der Waals surface area contributed by atoms with Crippen molar-refractivity contribution in [2.45, 2.75) is 13.2 Å². The molecule has 1 aromatic heterocycles. The minimum Gasteiger partial charge on any atom is -0.378 e. The lowest BCUT2D eigenvalue weighted by Crippen LogP contribution is -2.02. The van der Waals surface area contributed by atoms with E-state index in [1.54, 1.807) is 0 Å². The normalized spacial score (nSPS) is 10.6. The molecule has 0 bridgehead atoms. The predicted octanol–water partition coefficient (Wildman–Crippen LogP) is 2.64. The Hall–Kier alpha value is -1.92. The lowest BCUT2D eigenvalue weighted by molar-refractivity contribution is -0.385. The highest BCUT2D eigenvalue weighted by Crippen LogP contribution is 2.29. The van der Waals surface area contributed by atoms with Crippen LogP contribution in [0.1, 0.15) is 11.3 Å². The van der Waals surface area contributed by atoms with Crippen LogP contribution in [0.2, 0.25) is 5.15 Å². The monoisotopic (exact) mass is 281 g/mol. The molecular formula is C12H12ClN3O3. The second-order valence-corrected chi connectivity index (χ2v) is 4.28. The summed E-state index contributed by atoms with van der Waals surface area (Å²) in [5.41, 5.74) is 0.999. The molecule has 7 heteroatoms. The molecule has 0 aliphatic carbocycles. The van der Waals surface area contributed by atoms with Gasteiger partial charge < -0.3 is 4.74 Å². The first-order valence-corrected chi connectivity index (χ1v) is 5.93. The maximum atomic E-state index is 11.0. The smallest absolute Gasteiger partial charge is 0.331 e. The number of ether oxygens (including phenoxy) is 1. The van der Waals surface area contributed by atoms with Gasteiger partial charge in [-0.1, -0.05) is 41.9 Å². The molecule has 0 amide bonds. The van der Waals surface area contributed by atoms with Crippen LogP contribution in [0.15, 0.2) is 30.3 Å². The molecule has 0 spiro atoms. The summed E-state index contributed by atoms with van der Waals surface area (Å²) in [6, 6.07) is 9.47. The molecule has 1 heterocycles. The molecule has 0 aliphatic heterocycles. The van der Waals surface area contributed by atoms with E-state index >= 15 is 0 Å². The Morgan fingerprint density at radius 1 is 1.42 bits per heavy atom. The summed E-state index contributed by atoms with van der Waals surface area (Å²) in [5.74, 6) is 0. The van der Waals surface area contributed by atoms with Gasteiger partial charge in [0.2, 0.25) is 5.15 Å². The number of aromatic nitrogens is 2. The molecule has 0 saturated carbocycles. The molecule has 100 valence electrons. The molecule has 2 aromatic rings. The van der Waals surface area contributed by atoms with Gasteiger partial charge in [-0.05, 0) is 5.56 Å². The average molecular weight is 282 g/mol. The Balaban J connectivity index is 2.36. The Labute approximate surface area is 114 Å². The zero-order chi connectivity index (χ0) is 13.8. The van der Waals surface area contributed by atoms with Gasteiger partial charge in [0.25, 0.3) is 0 Å². The van der Waals surface area contributed by atoms with Crippen LogP contribution in [-0.2, 0) is 17.9 Å². The second kappa shape index (κ2) is 5.81. The van der Waals surface area contributed by atoms with E-state index in [1.807, 2.05) is 30.3 Å². The Kier molecular flexibility index (Phi) is 4.13. The lowest BCUT2D eigenvalue weighted by atomic mass is 10.2. The van der Waals surface area contributed by atoms with Crippen molar-refractivity contribution in [1.82, 2.24) is 9.78 Å². The maximum absolute atomic E-state index is 11.0. The molecule has 6 nitrogen and oxygen atoms in total. The fraction of sp³-hybridized carbons (Fsp3) is 0.250. The second-order valence-electron chi connectivity index (χ2n) is 3.92. The SMILES string of the molecule is COCc1nn(Cc2ccccc2)c(Cl)c1[N+](=O)[O-]. The molecule has 0 radical (unpaired) electrons. The number of rotatable bonds is 5. The van der Waals surface area contributed by atoms with E-state index in [1.165, 1.54) is 11.8 Å². The molecule has 0 saturated heterocycles. The predicted molar refractivity (Wildman–Crippen MR) is 70.1 cm³/mol. The largest absolute Gasteiger partial charge is 0.378 e. The molecule has 0 atom stereocenters. The van der Waals surface area contributed by atoms with Crippen LogP contribution < -0.4 is 0 Å². The molecule has 0 N–H and O–H groups in total. The molecule has 19 heavy (non-hydrogen) atoms. The third-order valence-corrected chi connectivity index (χ3v) is 2.95. The number of hydrogen-bond donors (Lipinski definition) is 0. The molecular weight excluding hydrogens is 270 g/mol. The third-order valence-electron chi connectivity index (χ3n) is 2.58. The summed E-state index contributed by atoms with van der Waals surface area (Å²) in [7, 11) is 1.45. The summed E-state index contributed by atoms with van der Waals surface area (Å²) < 4.78 is 6.30. The topological polar surface area (TPSA) is 70.2 Å². The van der Waals surface area contributed by atoms with Crippen molar-refractivity contribution in [2.24, 2.45) is 0 Å². The van der Waals surface area contributed by atoms with Gasteiger partial charge >= 0.3 is 5.69 Å². The van der Waals surface area contributed by atoms with Crippen molar-refractivity contribution >= 4 is 17.3 Å². The van der Waals surface area contributed by atoms with E-state index in [4.69, 9.17) is 16.3 Å². The van der Waals surface area contributed by atoms with Crippen LogP contribution in [0.5, 0.6) is 0 Å². The third kappa shape index (κ3) is 2.91. The lowest BCUT2D eigenvalue weighted by Gasteiger charge is -2.02. The van der Waals surface area contributed by atoms with Crippen molar-refractivity contribution in [3.8, 4) is 0 Å². The highest BCUT2D eigenvalue weighted by atomic mass is 35.5. The minimum atomic E-state index is -0.537. The minimum absolute atomic E-state index is 0.0147. The van der Waals surface area contributed by atoms with Crippen molar-refractivity contribution in [2.75, 3.05) is 7.11 Å². The fourth-order valence-corrected chi connectivity index (χ4v) is 2.03. The number of nitrogens with zero attached hydrogens (tertiary/aromatic N) is 3. The molecule has 0 fully saturated rings. The number of methoxy groups -OCH3 is 1. The summed E-state index contributed by atoms with van der Waals surface area (Å²) in [4.78, 5) is 10.5. The molecule has 2 rings (SSSR count). The van der Waals surface area contributed by atoms with E-state index < -0.39 is 4.92 Å². The van der Waals surface area contributed by atoms with Gasteiger partial charge in [-0.2, -0.15) is 5.10 Å². The van der Waals surface area contributed by atoms with E-state index in [0.29, 0.717) is 6.54 Å². The van der Waals surface area contributed by atoms with E-state index in [9.17, 15) is 10.1 Å². The average Bonchev–Trinajstić information content (AvgIpc) is 2.68. The summed E-state index contributed by atoms with van der Waals surface area (Å²) in [5, 5.41) is 15.1. The van der Waals surface area contributed by atoms with E-state index in [0.717, 1.165) is 5.56 Å². The number of benzene rings is 1. The molecule has 0 unspecified atom stereocenters. The Bertz CT molecular complexity index is 583. The first-order chi connectivity index (χ1) is 9.13. The molecule has 0 aliphatic rings. The standard InChI is InChI=1S/C12H12ClN3O3/c1-19-8-10-11(16(17)18)12(13)15(14-10)7-9-5-3-2-4-6-9/h2-6H,7-8H2,1H3. The summed E-state index contributed by atoms with van der Waals surface area (Å²) >= 11 is 6.01. The molecule has 1 aromatic carbocycles. The first kappa shape index (κ1) is 13.5. The van der Waals surface area contributed by atoms with Crippen LogP contribution in [-0.4, -0.2) is 21.8 Å². The Morgan fingerprint density at radius 2 is 2.11 bits per heavy atom. The maximum Gasteiger partial charge on any atom is 0.331 e. The van der Waals surface area contributed by atoms with Gasteiger partial charge in [0.1, 0.15) is 0 Å². The summed E-state index contributed by atoms with van der Waals surface area (Å²) in [6.07, 6.45) is 0. The van der Waals surface area contributed by atoms with Crippen LogP contribution >= 0.6 is 11.6 Å².